The molecule has 3 rings (SSSR count). The summed E-state index contributed by atoms with van der Waals surface area (Å²) in [4.78, 5) is 18.7. The number of carbonyl (C=O) groups is 1. The number of nitrogens with zero attached hydrogens (tertiary/aromatic N) is 3. The van der Waals surface area contributed by atoms with E-state index in [9.17, 15) is 4.79 Å². The van der Waals surface area contributed by atoms with Crippen molar-refractivity contribution < 1.29 is 4.79 Å². The van der Waals surface area contributed by atoms with Gasteiger partial charge in [0.15, 0.2) is 0 Å². The van der Waals surface area contributed by atoms with E-state index in [0.717, 1.165) is 43.0 Å². The van der Waals surface area contributed by atoms with E-state index in [1.807, 2.05) is 17.7 Å². The van der Waals surface area contributed by atoms with Gasteiger partial charge in [-0.25, -0.2) is 4.98 Å². The van der Waals surface area contributed by atoms with E-state index in [1.54, 1.807) is 6.20 Å². The average Bonchev–Trinajstić information content (AvgIpc) is 3.02. The van der Waals surface area contributed by atoms with Crippen molar-refractivity contribution in [2.45, 2.75) is 32.7 Å². The molecule has 0 atom stereocenters. The number of likely N-dealkylation sites (tertiary alicyclic amines) is 1. The molecule has 2 heterocycles. The lowest BCUT2D eigenvalue weighted by Crippen LogP contribution is -2.33. The smallest absolute Gasteiger partial charge is 0.220 e. The van der Waals surface area contributed by atoms with E-state index in [0.29, 0.717) is 18.9 Å². The summed E-state index contributed by atoms with van der Waals surface area (Å²) < 4.78 is 2.04. The van der Waals surface area contributed by atoms with Crippen LogP contribution in [0, 0.1) is 12.8 Å². The first-order chi connectivity index (χ1) is 11.6. The minimum absolute atomic E-state index is 0.166. The number of rotatable bonds is 5. The van der Waals surface area contributed by atoms with E-state index in [1.165, 1.54) is 0 Å². The Bertz CT molecular complexity index is 669. The van der Waals surface area contributed by atoms with Crippen molar-refractivity contribution in [1.82, 2.24) is 19.8 Å². The molecule has 2 aromatic rings. The van der Waals surface area contributed by atoms with Gasteiger partial charge in [0.2, 0.25) is 5.91 Å². The molecule has 1 saturated heterocycles. The summed E-state index contributed by atoms with van der Waals surface area (Å²) in [5.74, 6) is 1.67. The van der Waals surface area contributed by atoms with E-state index in [2.05, 4.69) is 46.5 Å². The van der Waals surface area contributed by atoms with Crippen molar-refractivity contribution in [2.75, 3.05) is 20.1 Å². The van der Waals surface area contributed by atoms with Crippen molar-refractivity contribution in [1.29, 1.82) is 0 Å². The van der Waals surface area contributed by atoms with Crippen molar-refractivity contribution >= 4 is 5.91 Å². The van der Waals surface area contributed by atoms with Gasteiger partial charge in [-0.1, -0.05) is 12.1 Å². The van der Waals surface area contributed by atoms with E-state index >= 15 is 0 Å². The maximum atomic E-state index is 12.1. The average molecular weight is 326 g/mol. The van der Waals surface area contributed by atoms with Gasteiger partial charge in [0.1, 0.15) is 5.82 Å². The number of hydrogen-bond acceptors (Lipinski definition) is 3. The summed E-state index contributed by atoms with van der Waals surface area (Å²) in [6.07, 6.45) is 6.66. The monoisotopic (exact) mass is 326 g/mol. The van der Waals surface area contributed by atoms with Gasteiger partial charge in [0.05, 0.1) is 0 Å². The van der Waals surface area contributed by atoms with Crippen LogP contribution in [-0.2, 0) is 11.3 Å². The number of carbonyl (C=O) groups excluding carboxylic acids is 1. The third kappa shape index (κ3) is 4.23. The molecule has 5 nitrogen and oxygen atoms in total. The number of piperidine rings is 1. The van der Waals surface area contributed by atoms with Crippen molar-refractivity contribution in [2.24, 2.45) is 5.92 Å². The molecule has 0 saturated carbocycles. The first-order valence-electron chi connectivity index (χ1n) is 8.66. The molecule has 5 heteroatoms. The fourth-order valence-electron chi connectivity index (χ4n) is 3.23. The molecule has 24 heavy (non-hydrogen) atoms. The number of aromatic nitrogens is 2. The molecule has 128 valence electrons. The van der Waals surface area contributed by atoms with Crippen LogP contribution in [0.4, 0.5) is 0 Å². The predicted octanol–water partition coefficient (Wildman–Crippen LogP) is 2.53. The van der Waals surface area contributed by atoms with Gasteiger partial charge in [-0.3, -0.25) is 4.79 Å². The number of benzene rings is 1. The highest BCUT2D eigenvalue weighted by molar-refractivity contribution is 5.76. The molecule has 1 N–H and O–H groups in total. The highest BCUT2D eigenvalue weighted by Gasteiger charge is 2.19. The Morgan fingerprint density at radius 2 is 1.96 bits per heavy atom. The number of nitrogens with one attached hydrogen (secondary N) is 1. The molecule has 1 aliphatic rings. The van der Waals surface area contributed by atoms with Crippen molar-refractivity contribution in [3.05, 3.63) is 48.0 Å². The fraction of sp³-hybridized carbons (Fsp3) is 0.474. The van der Waals surface area contributed by atoms with Crippen LogP contribution in [0.5, 0.6) is 0 Å². The Hall–Kier alpha value is -2.14. The van der Waals surface area contributed by atoms with E-state index < -0.39 is 0 Å². The van der Waals surface area contributed by atoms with Gasteiger partial charge in [-0.15, -0.1) is 0 Å². The molecular weight excluding hydrogens is 300 g/mol. The molecule has 1 amide bonds. The molecule has 1 aromatic carbocycles. The van der Waals surface area contributed by atoms with Crippen molar-refractivity contribution in [3.63, 3.8) is 0 Å². The second-order valence-electron chi connectivity index (χ2n) is 6.74. The Balaban J connectivity index is 1.48. The molecule has 0 radical (unpaired) electrons. The van der Waals surface area contributed by atoms with Crippen LogP contribution >= 0.6 is 0 Å². The van der Waals surface area contributed by atoms with Gasteiger partial charge >= 0.3 is 0 Å². The summed E-state index contributed by atoms with van der Waals surface area (Å²) in [7, 11) is 2.14. The van der Waals surface area contributed by atoms with Crippen LogP contribution in [-0.4, -0.2) is 40.5 Å². The lowest BCUT2D eigenvalue weighted by Gasteiger charge is -2.28. The second kappa shape index (κ2) is 7.62. The second-order valence-corrected chi connectivity index (χ2v) is 6.74. The first-order valence-corrected chi connectivity index (χ1v) is 8.66. The van der Waals surface area contributed by atoms with E-state index in [4.69, 9.17) is 0 Å². The van der Waals surface area contributed by atoms with Crippen LogP contribution in [0.3, 0.4) is 0 Å². The zero-order valence-electron chi connectivity index (χ0n) is 14.5. The molecular formula is C19H26N4O. The fourth-order valence-corrected chi connectivity index (χ4v) is 3.23. The van der Waals surface area contributed by atoms with Crippen LogP contribution in [0.2, 0.25) is 0 Å². The van der Waals surface area contributed by atoms with Crippen LogP contribution < -0.4 is 5.32 Å². The SMILES string of the molecule is Cc1nccn1-c1ccc(CNC(=O)CC2CCN(C)CC2)cc1. The minimum atomic E-state index is 0.166. The summed E-state index contributed by atoms with van der Waals surface area (Å²) in [5.41, 5.74) is 2.21. The van der Waals surface area contributed by atoms with Gasteiger partial charge < -0.3 is 14.8 Å². The van der Waals surface area contributed by atoms with Gasteiger partial charge in [-0.05, 0) is 63.5 Å². The number of aryl methyl sites for hydroxylation is 1. The van der Waals surface area contributed by atoms with Crippen molar-refractivity contribution in [3.8, 4) is 5.69 Å². The Morgan fingerprint density at radius 1 is 1.25 bits per heavy atom. The lowest BCUT2D eigenvalue weighted by molar-refractivity contribution is -0.122. The largest absolute Gasteiger partial charge is 0.352 e. The lowest BCUT2D eigenvalue weighted by atomic mass is 9.93. The molecule has 1 fully saturated rings. The normalized spacial score (nSPS) is 16.2. The Morgan fingerprint density at radius 3 is 2.58 bits per heavy atom. The number of amides is 1. The molecule has 0 aliphatic carbocycles. The van der Waals surface area contributed by atoms with E-state index in [-0.39, 0.29) is 5.91 Å². The maximum absolute atomic E-state index is 12.1. The highest BCUT2D eigenvalue weighted by Crippen LogP contribution is 2.19. The van der Waals surface area contributed by atoms with Gasteiger partial charge in [-0.2, -0.15) is 0 Å². The van der Waals surface area contributed by atoms with Gasteiger partial charge in [0.25, 0.3) is 0 Å². The summed E-state index contributed by atoms with van der Waals surface area (Å²) in [6.45, 7) is 4.78. The maximum Gasteiger partial charge on any atom is 0.220 e. The summed E-state index contributed by atoms with van der Waals surface area (Å²) >= 11 is 0. The topological polar surface area (TPSA) is 50.2 Å². The number of imidazole rings is 1. The third-order valence-corrected chi connectivity index (χ3v) is 4.84. The molecule has 0 spiro atoms. The van der Waals surface area contributed by atoms with Crippen LogP contribution in [0.25, 0.3) is 5.69 Å². The summed E-state index contributed by atoms with van der Waals surface area (Å²) in [6, 6.07) is 8.25. The quantitative estimate of drug-likeness (QED) is 0.918. The standard InChI is InChI=1S/C19H26N4O/c1-15-20-9-12-23(15)18-5-3-17(4-6-18)14-21-19(24)13-16-7-10-22(2)11-8-16/h3-6,9,12,16H,7-8,10-11,13-14H2,1-2H3,(H,21,24). The molecule has 1 aliphatic heterocycles. The highest BCUT2D eigenvalue weighted by atomic mass is 16.1. The molecule has 1 aromatic heterocycles. The number of hydrogen-bond donors (Lipinski definition) is 1. The zero-order valence-corrected chi connectivity index (χ0v) is 14.5. The predicted molar refractivity (Wildman–Crippen MR) is 95.0 cm³/mol. The minimum Gasteiger partial charge on any atom is -0.352 e. The Labute approximate surface area is 143 Å². The summed E-state index contributed by atoms with van der Waals surface area (Å²) in [5, 5.41) is 3.05. The zero-order chi connectivity index (χ0) is 16.9. The van der Waals surface area contributed by atoms with Gasteiger partial charge in [0, 0.05) is 31.0 Å². The first kappa shape index (κ1) is 16.7. The molecule has 0 unspecified atom stereocenters. The molecule has 0 bridgehead atoms. The van der Waals surface area contributed by atoms with Crippen LogP contribution in [0.1, 0.15) is 30.7 Å². The van der Waals surface area contributed by atoms with Crippen LogP contribution in [0.15, 0.2) is 36.7 Å². The Kier molecular flexibility index (Phi) is 5.30. The third-order valence-electron chi connectivity index (χ3n) is 4.84.